The highest BCUT2D eigenvalue weighted by Gasteiger charge is 2.18. The van der Waals surface area contributed by atoms with Crippen LogP contribution in [0.2, 0.25) is 0 Å². The Morgan fingerprint density at radius 3 is 2.33 bits per heavy atom. The van der Waals surface area contributed by atoms with E-state index >= 15 is 0 Å². The Labute approximate surface area is 98.2 Å². The molecule has 4 nitrogen and oxygen atoms in total. The molecule has 0 aliphatic carbocycles. The summed E-state index contributed by atoms with van der Waals surface area (Å²) in [5.41, 5.74) is 0. The predicted molar refractivity (Wildman–Crippen MR) is 64.4 cm³/mol. The van der Waals surface area contributed by atoms with Gasteiger partial charge in [0.25, 0.3) is 10.2 Å². The van der Waals surface area contributed by atoms with Gasteiger partial charge in [-0.25, -0.2) is 4.72 Å². The molecule has 6 heteroatoms. The zero-order valence-corrected chi connectivity index (χ0v) is 11.2. The molecule has 0 rings (SSSR count). The van der Waals surface area contributed by atoms with E-state index in [1.807, 2.05) is 13.8 Å². The molecule has 0 aromatic heterocycles. The smallest absolute Gasteiger partial charge is 0.202 e. The van der Waals surface area contributed by atoms with Crippen molar-refractivity contribution in [1.82, 2.24) is 9.03 Å². The van der Waals surface area contributed by atoms with Gasteiger partial charge in [-0.3, -0.25) is 0 Å². The van der Waals surface area contributed by atoms with E-state index in [0.717, 1.165) is 19.3 Å². The fraction of sp³-hybridized carbons (Fsp3) is 1.00. The summed E-state index contributed by atoms with van der Waals surface area (Å²) in [6, 6.07) is -0.0228. The molecule has 0 amide bonds. The van der Waals surface area contributed by atoms with E-state index in [1.54, 1.807) is 7.05 Å². The molecule has 0 heterocycles. The number of nitrogens with one attached hydrogen (secondary N) is 1. The first kappa shape index (κ1) is 15.2. The molecule has 0 spiro atoms. The highest BCUT2D eigenvalue weighted by Crippen LogP contribution is 2.01. The number of halogens is 1. The number of alkyl halides is 1. The topological polar surface area (TPSA) is 49.4 Å². The standard InChI is InChI=1S/C9H21ClN2O2S/c1-9(2)12(3)15(13,14)11-8-6-4-5-7-10/h9,11H,4-8H2,1-3H3. The van der Waals surface area contributed by atoms with Gasteiger partial charge in [-0.05, 0) is 26.7 Å². The van der Waals surface area contributed by atoms with Crippen LogP contribution in [0, 0.1) is 0 Å². The molecule has 0 radical (unpaired) electrons. The second kappa shape index (κ2) is 7.44. The summed E-state index contributed by atoms with van der Waals surface area (Å²) in [6.07, 6.45) is 2.72. The van der Waals surface area contributed by atoms with Crippen molar-refractivity contribution in [3.05, 3.63) is 0 Å². The third-order valence-corrected chi connectivity index (χ3v) is 4.22. The van der Waals surface area contributed by atoms with E-state index in [0.29, 0.717) is 12.4 Å². The van der Waals surface area contributed by atoms with Crippen molar-refractivity contribution in [3.8, 4) is 0 Å². The Bertz CT molecular complexity index is 255. The van der Waals surface area contributed by atoms with Gasteiger partial charge in [0.15, 0.2) is 0 Å². The summed E-state index contributed by atoms with van der Waals surface area (Å²) in [6.45, 7) is 4.16. The van der Waals surface area contributed by atoms with Gasteiger partial charge in [-0.1, -0.05) is 6.42 Å². The average molecular weight is 257 g/mol. The van der Waals surface area contributed by atoms with Gasteiger partial charge in [-0.2, -0.15) is 12.7 Å². The second-order valence-corrected chi connectivity index (χ2v) is 5.95. The number of unbranched alkanes of at least 4 members (excludes halogenated alkanes) is 2. The number of hydrogen-bond donors (Lipinski definition) is 1. The van der Waals surface area contributed by atoms with Crippen LogP contribution in [0.1, 0.15) is 33.1 Å². The zero-order chi connectivity index (χ0) is 11.9. The molecule has 15 heavy (non-hydrogen) atoms. The molecule has 0 saturated carbocycles. The maximum absolute atomic E-state index is 11.6. The highest BCUT2D eigenvalue weighted by molar-refractivity contribution is 7.87. The van der Waals surface area contributed by atoms with Crippen molar-refractivity contribution in [2.45, 2.75) is 39.2 Å². The lowest BCUT2D eigenvalue weighted by Crippen LogP contribution is -2.42. The van der Waals surface area contributed by atoms with E-state index in [-0.39, 0.29) is 6.04 Å². The van der Waals surface area contributed by atoms with Gasteiger partial charge < -0.3 is 0 Å². The van der Waals surface area contributed by atoms with Gasteiger partial charge >= 0.3 is 0 Å². The molecule has 0 bridgehead atoms. The monoisotopic (exact) mass is 256 g/mol. The van der Waals surface area contributed by atoms with E-state index in [4.69, 9.17) is 11.6 Å². The van der Waals surface area contributed by atoms with Crippen LogP contribution in [0.5, 0.6) is 0 Å². The van der Waals surface area contributed by atoms with Crippen LogP contribution >= 0.6 is 11.6 Å². The van der Waals surface area contributed by atoms with Gasteiger partial charge in [-0.15, -0.1) is 11.6 Å². The normalized spacial score (nSPS) is 12.7. The molecular formula is C9H21ClN2O2S. The SMILES string of the molecule is CC(C)N(C)S(=O)(=O)NCCCCCCl. The van der Waals surface area contributed by atoms with Gasteiger partial charge in [0.2, 0.25) is 0 Å². The Morgan fingerprint density at radius 2 is 1.87 bits per heavy atom. The fourth-order valence-corrected chi connectivity index (χ4v) is 2.33. The van der Waals surface area contributed by atoms with Crippen LogP contribution in [0.15, 0.2) is 0 Å². The van der Waals surface area contributed by atoms with Gasteiger partial charge in [0, 0.05) is 25.5 Å². The number of rotatable bonds is 8. The first-order chi connectivity index (χ1) is 6.91. The molecule has 0 aromatic carbocycles. The Balaban J connectivity index is 3.85. The van der Waals surface area contributed by atoms with Crippen LogP contribution in [0.4, 0.5) is 0 Å². The lowest BCUT2D eigenvalue weighted by Gasteiger charge is -2.21. The predicted octanol–water partition coefficient (Wildman–Crippen LogP) is 1.57. The second-order valence-electron chi connectivity index (χ2n) is 3.76. The van der Waals surface area contributed by atoms with Gasteiger partial charge in [0.05, 0.1) is 0 Å². The molecule has 0 atom stereocenters. The molecule has 0 aliphatic rings. The zero-order valence-electron chi connectivity index (χ0n) is 9.66. The lowest BCUT2D eigenvalue weighted by molar-refractivity contribution is 0.402. The van der Waals surface area contributed by atoms with Crippen molar-refractivity contribution in [2.75, 3.05) is 19.5 Å². The minimum atomic E-state index is -3.30. The van der Waals surface area contributed by atoms with Crippen LogP contribution < -0.4 is 4.72 Å². The maximum Gasteiger partial charge on any atom is 0.279 e. The minimum absolute atomic E-state index is 0.0228. The van der Waals surface area contributed by atoms with Crippen molar-refractivity contribution >= 4 is 21.8 Å². The first-order valence-corrected chi connectivity index (χ1v) is 7.18. The van der Waals surface area contributed by atoms with E-state index in [2.05, 4.69) is 4.72 Å². The number of nitrogens with zero attached hydrogens (tertiary/aromatic N) is 1. The molecule has 92 valence electrons. The lowest BCUT2D eigenvalue weighted by atomic mass is 10.2. The van der Waals surface area contributed by atoms with Crippen molar-refractivity contribution < 1.29 is 8.42 Å². The van der Waals surface area contributed by atoms with Crippen LogP contribution in [-0.4, -0.2) is 38.2 Å². The van der Waals surface area contributed by atoms with Crippen molar-refractivity contribution in [2.24, 2.45) is 0 Å². The van der Waals surface area contributed by atoms with Crippen molar-refractivity contribution in [1.29, 1.82) is 0 Å². The molecule has 1 N–H and O–H groups in total. The van der Waals surface area contributed by atoms with Crippen LogP contribution in [0.25, 0.3) is 0 Å². The first-order valence-electron chi connectivity index (χ1n) is 5.20. The summed E-state index contributed by atoms with van der Waals surface area (Å²) >= 11 is 5.52. The molecule has 0 aromatic rings. The minimum Gasteiger partial charge on any atom is -0.202 e. The summed E-state index contributed by atoms with van der Waals surface area (Å²) in [7, 11) is -1.72. The third-order valence-electron chi connectivity index (χ3n) is 2.20. The molecule has 0 fully saturated rings. The van der Waals surface area contributed by atoms with Crippen LogP contribution in [-0.2, 0) is 10.2 Å². The quantitative estimate of drug-likeness (QED) is 0.529. The van der Waals surface area contributed by atoms with E-state index in [1.165, 1.54) is 4.31 Å². The Hall–Kier alpha value is 0.160. The van der Waals surface area contributed by atoms with Gasteiger partial charge in [0.1, 0.15) is 0 Å². The Kier molecular flexibility index (Phi) is 7.52. The summed E-state index contributed by atoms with van der Waals surface area (Å²) in [4.78, 5) is 0. The molecule has 0 saturated heterocycles. The third kappa shape index (κ3) is 6.35. The van der Waals surface area contributed by atoms with Crippen molar-refractivity contribution in [3.63, 3.8) is 0 Å². The summed E-state index contributed by atoms with van der Waals surface area (Å²) < 4.78 is 27.1. The van der Waals surface area contributed by atoms with E-state index in [9.17, 15) is 8.42 Å². The van der Waals surface area contributed by atoms with Crippen LogP contribution in [0.3, 0.4) is 0 Å². The Morgan fingerprint density at radius 1 is 1.27 bits per heavy atom. The summed E-state index contributed by atoms with van der Waals surface area (Å²) in [5.74, 6) is 0.638. The average Bonchev–Trinajstić information content (AvgIpc) is 2.16. The fourth-order valence-electron chi connectivity index (χ4n) is 0.977. The highest BCUT2D eigenvalue weighted by atomic mass is 35.5. The number of hydrogen-bond acceptors (Lipinski definition) is 2. The maximum atomic E-state index is 11.6. The van der Waals surface area contributed by atoms with E-state index < -0.39 is 10.2 Å². The summed E-state index contributed by atoms with van der Waals surface area (Å²) in [5, 5.41) is 0. The largest absolute Gasteiger partial charge is 0.279 e. The molecule has 0 aliphatic heterocycles. The molecule has 0 unspecified atom stereocenters. The molecular weight excluding hydrogens is 236 g/mol.